The summed E-state index contributed by atoms with van der Waals surface area (Å²) in [6.45, 7) is 0. The van der Waals surface area contributed by atoms with Crippen molar-refractivity contribution >= 4 is 54.3 Å². The molecule has 10 rings (SSSR count). The number of furan rings is 1. The smallest absolute Gasteiger partial charge is 0.135 e. The van der Waals surface area contributed by atoms with Crippen LogP contribution in [-0.2, 0) is 0 Å². The number of hydrogen-bond acceptors (Lipinski definition) is 1. The van der Waals surface area contributed by atoms with Crippen molar-refractivity contribution in [3.05, 3.63) is 182 Å². The van der Waals surface area contributed by atoms with Crippen molar-refractivity contribution in [3.8, 4) is 44.5 Å². The van der Waals surface area contributed by atoms with Gasteiger partial charge in [0.25, 0.3) is 0 Å². The van der Waals surface area contributed by atoms with Gasteiger partial charge < -0.3 is 4.42 Å². The summed E-state index contributed by atoms with van der Waals surface area (Å²) in [6.07, 6.45) is 0. The highest BCUT2D eigenvalue weighted by molar-refractivity contribution is 6.22. The summed E-state index contributed by atoms with van der Waals surface area (Å²) in [6, 6.07) is 65.9. The second-order valence-electron chi connectivity index (χ2n) is 12.9. The van der Waals surface area contributed by atoms with E-state index in [1.165, 1.54) is 76.8 Å². The Morgan fingerprint density at radius 3 is 1.39 bits per heavy atom. The topological polar surface area (TPSA) is 13.1 Å². The molecule has 0 amide bonds. The van der Waals surface area contributed by atoms with E-state index < -0.39 is 0 Å². The maximum Gasteiger partial charge on any atom is 0.135 e. The van der Waals surface area contributed by atoms with Crippen LogP contribution in [0.1, 0.15) is 0 Å². The lowest BCUT2D eigenvalue weighted by molar-refractivity contribution is 0.669. The minimum absolute atomic E-state index is 0.921. The third kappa shape index (κ3) is 4.55. The standard InChI is InChI=1S/C48H30O/c1-2-11-31(12-3-1)32-13-10-14-37(28-32)47-40-16-4-6-18-42(40)48(43-19-7-5-17-41(43)47)38-24-23-33-27-34(21-22-35(33)29-38)36-25-26-46-44(30-36)39-15-8-9-20-45(39)49-46/h1-30H. The van der Waals surface area contributed by atoms with Crippen LogP contribution in [0.15, 0.2) is 186 Å². The average Bonchev–Trinajstić information content (AvgIpc) is 3.55. The predicted octanol–water partition coefficient (Wildman–Crippen LogP) is 13.7. The molecule has 10 aromatic rings. The summed E-state index contributed by atoms with van der Waals surface area (Å²) < 4.78 is 6.09. The normalized spacial score (nSPS) is 11.7. The fourth-order valence-corrected chi connectivity index (χ4v) is 7.72. The highest BCUT2D eigenvalue weighted by atomic mass is 16.3. The monoisotopic (exact) mass is 622 g/mol. The van der Waals surface area contributed by atoms with Crippen molar-refractivity contribution in [2.45, 2.75) is 0 Å². The maximum absolute atomic E-state index is 6.09. The molecule has 9 aromatic carbocycles. The van der Waals surface area contributed by atoms with E-state index in [-0.39, 0.29) is 0 Å². The Kier molecular flexibility index (Phi) is 6.25. The average molecular weight is 623 g/mol. The molecule has 49 heavy (non-hydrogen) atoms. The van der Waals surface area contributed by atoms with Gasteiger partial charge in [-0.2, -0.15) is 0 Å². The molecule has 0 atom stereocenters. The molecule has 0 bridgehead atoms. The van der Waals surface area contributed by atoms with Gasteiger partial charge in [0.05, 0.1) is 0 Å². The van der Waals surface area contributed by atoms with Gasteiger partial charge in [0.2, 0.25) is 0 Å². The molecule has 0 aliphatic rings. The Bertz CT molecular complexity index is 2820. The molecule has 0 saturated heterocycles. The number of benzene rings is 9. The largest absolute Gasteiger partial charge is 0.456 e. The van der Waals surface area contributed by atoms with E-state index in [1.54, 1.807) is 0 Å². The lowest BCUT2D eigenvalue weighted by Crippen LogP contribution is -1.91. The van der Waals surface area contributed by atoms with Crippen molar-refractivity contribution < 1.29 is 4.42 Å². The van der Waals surface area contributed by atoms with Crippen LogP contribution in [0.3, 0.4) is 0 Å². The van der Waals surface area contributed by atoms with Gasteiger partial charge in [-0.15, -0.1) is 0 Å². The van der Waals surface area contributed by atoms with Crippen molar-refractivity contribution in [2.24, 2.45) is 0 Å². The fourth-order valence-electron chi connectivity index (χ4n) is 7.72. The van der Waals surface area contributed by atoms with E-state index in [4.69, 9.17) is 4.42 Å². The number of para-hydroxylation sites is 1. The minimum atomic E-state index is 0.921. The molecule has 0 aliphatic heterocycles. The van der Waals surface area contributed by atoms with E-state index in [2.05, 4.69) is 170 Å². The Labute approximate surface area is 284 Å². The third-order valence-corrected chi connectivity index (χ3v) is 10.0. The second kappa shape index (κ2) is 11.1. The minimum Gasteiger partial charge on any atom is -0.456 e. The van der Waals surface area contributed by atoms with Gasteiger partial charge >= 0.3 is 0 Å². The number of hydrogen-bond donors (Lipinski definition) is 0. The van der Waals surface area contributed by atoms with Gasteiger partial charge in [-0.3, -0.25) is 0 Å². The SMILES string of the molecule is c1ccc(-c2cccc(-c3c4ccccc4c(-c4ccc5cc(-c6ccc7oc8ccccc8c7c6)ccc5c4)c4ccccc34)c2)cc1. The molecule has 0 unspecified atom stereocenters. The van der Waals surface area contributed by atoms with Crippen LogP contribution in [0.2, 0.25) is 0 Å². The van der Waals surface area contributed by atoms with Crippen LogP contribution in [-0.4, -0.2) is 0 Å². The fraction of sp³-hybridized carbons (Fsp3) is 0. The van der Waals surface area contributed by atoms with Crippen LogP contribution in [0.4, 0.5) is 0 Å². The van der Waals surface area contributed by atoms with Crippen LogP contribution >= 0.6 is 0 Å². The second-order valence-corrected chi connectivity index (χ2v) is 12.9. The third-order valence-electron chi connectivity index (χ3n) is 10.0. The molecule has 0 aliphatic carbocycles. The first-order valence-corrected chi connectivity index (χ1v) is 16.8. The summed E-state index contributed by atoms with van der Waals surface area (Å²) in [4.78, 5) is 0. The zero-order chi connectivity index (χ0) is 32.3. The van der Waals surface area contributed by atoms with E-state index in [9.17, 15) is 0 Å². The molecular formula is C48H30O. The van der Waals surface area contributed by atoms with Crippen molar-refractivity contribution in [1.82, 2.24) is 0 Å². The van der Waals surface area contributed by atoms with E-state index in [1.807, 2.05) is 12.1 Å². The predicted molar refractivity (Wildman–Crippen MR) is 208 cm³/mol. The van der Waals surface area contributed by atoms with Gasteiger partial charge in [-0.05, 0) is 113 Å². The summed E-state index contributed by atoms with van der Waals surface area (Å²) in [5, 5.41) is 9.80. The highest BCUT2D eigenvalue weighted by Crippen LogP contribution is 2.45. The van der Waals surface area contributed by atoms with Crippen LogP contribution in [0, 0.1) is 0 Å². The molecule has 228 valence electrons. The van der Waals surface area contributed by atoms with Gasteiger partial charge in [-0.25, -0.2) is 0 Å². The summed E-state index contributed by atoms with van der Waals surface area (Å²) in [5.74, 6) is 0. The first-order chi connectivity index (χ1) is 24.3. The van der Waals surface area contributed by atoms with Crippen LogP contribution in [0.25, 0.3) is 98.8 Å². The first-order valence-electron chi connectivity index (χ1n) is 16.8. The molecule has 0 N–H and O–H groups in total. The molecule has 1 heterocycles. The lowest BCUT2D eigenvalue weighted by atomic mass is 9.85. The molecule has 0 spiro atoms. The molecule has 0 radical (unpaired) electrons. The van der Waals surface area contributed by atoms with E-state index in [0.717, 1.165) is 21.9 Å². The summed E-state index contributed by atoms with van der Waals surface area (Å²) in [5.41, 5.74) is 11.7. The van der Waals surface area contributed by atoms with Gasteiger partial charge in [0, 0.05) is 10.8 Å². The van der Waals surface area contributed by atoms with Crippen molar-refractivity contribution in [3.63, 3.8) is 0 Å². The number of fused-ring (bicyclic) bond motifs is 6. The quantitative estimate of drug-likeness (QED) is 0.178. The van der Waals surface area contributed by atoms with Crippen LogP contribution < -0.4 is 0 Å². The Balaban J connectivity index is 1.12. The van der Waals surface area contributed by atoms with E-state index >= 15 is 0 Å². The Hall–Kier alpha value is -6.44. The van der Waals surface area contributed by atoms with Gasteiger partial charge in [-0.1, -0.05) is 146 Å². The first kappa shape index (κ1) is 27.7. The Morgan fingerprint density at radius 1 is 0.245 bits per heavy atom. The summed E-state index contributed by atoms with van der Waals surface area (Å²) in [7, 11) is 0. The number of rotatable bonds is 4. The molecular weight excluding hydrogens is 593 g/mol. The van der Waals surface area contributed by atoms with Crippen molar-refractivity contribution in [2.75, 3.05) is 0 Å². The molecule has 1 heteroatoms. The molecule has 1 aromatic heterocycles. The molecule has 0 saturated carbocycles. The maximum atomic E-state index is 6.09. The molecule has 1 nitrogen and oxygen atoms in total. The van der Waals surface area contributed by atoms with Crippen LogP contribution in [0.5, 0.6) is 0 Å². The van der Waals surface area contributed by atoms with Gasteiger partial charge in [0.1, 0.15) is 11.2 Å². The van der Waals surface area contributed by atoms with E-state index in [0.29, 0.717) is 0 Å². The summed E-state index contributed by atoms with van der Waals surface area (Å²) >= 11 is 0. The van der Waals surface area contributed by atoms with Gasteiger partial charge in [0.15, 0.2) is 0 Å². The zero-order valence-corrected chi connectivity index (χ0v) is 26.7. The zero-order valence-electron chi connectivity index (χ0n) is 26.7. The highest BCUT2D eigenvalue weighted by Gasteiger charge is 2.17. The van der Waals surface area contributed by atoms with Crippen molar-refractivity contribution in [1.29, 1.82) is 0 Å². The molecule has 0 fully saturated rings. The lowest BCUT2D eigenvalue weighted by Gasteiger charge is -2.18. The Morgan fingerprint density at radius 2 is 0.694 bits per heavy atom.